The van der Waals surface area contributed by atoms with Crippen molar-refractivity contribution in [3.05, 3.63) is 12.2 Å². The molecule has 148 valence electrons. The minimum Gasteiger partial charge on any atom is -0.463 e. The summed E-state index contributed by atoms with van der Waals surface area (Å²) in [6.45, 7) is 5.77. The van der Waals surface area contributed by atoms with Crippen molar-refractivity contribution in [3.8, 4) is 0 Å². The predicted molar refractivity (Wildman–Crippen MR) is 107 cm³/mol. The van der Waals surface area contributed by atoms with Crippen LogP contribution in [0, 0.1) is 0 Å². The van der Waals surface area contributed by atoms with E-state index in [0.717, 1.165) is 12.8 Å². The Labute approximate surface area is 156 Å². The van der Waals surface area contributed by atoms with Crippen LogP contribution in [0.3, 0.4) is 0 Å². The van der Waals surface area contributed by atoms with E-state index in [-0.39, 0.29) is 5.97 Å². The third kappa shape index (κ3) is 21.1. The summed E-state index contributed by atoms with van der Waals surface area (Å²) < 4.78 is 10.2. The molecular weight excluding hydrogens is 312 g/mol. The highest BCUT2D eigenvalue weighted by molar-refractivity contribution is 5.69. The lowest BCUT2D eigenvalue weighted by atomic mass is 10.1. The van der Waals surface area contributed by atoms with Gasteiger partial charge in [0.25, 0.3) is 0 Å². The Bertz CT molecular complexity index is 300. The number of esters is 1. The van der Waals surface area contributed by atoms with E-state index in [1.54, 1.807) is 0 Å². The quantitative estimate of drug-likeness (QED) is 0.149. The molecule has 0 unspecified atom stereocenters. The van der Waals surface area contributed by atoms with E-state index >= 15 is 0 Å². The average molecular weight is 355 g/mol. The van der Waals surface area contributed by atoms with Crippen molar-refractivity contribution in [1.29, 1.82) is 0 Å². The van der Waals surface area contributed by atoms with Gasteiger partial charge < -0.3 is 9.47 Å². The Morgan fingerprint density at radius 1 is 0.720 bits per heavy atom. The zero-order chi connectivity index (χ0) is 18.4. The maximum Gasteiger partial charge on any atom is 0.305 e. The first kappa shape index (κ1) is 24.2. The van der Waals surface area contributed by atoms with Crippen molar-refractivity contribution in [2.45, 2.75) is 104 Å². The zero-order valence-electron chi connectivity index (χ0n) is 16.9. The topological polar surface area (TPSA) is 35.5 Å². The fourth-order valence-corrected chi connectivity index (χ4v) is 2.77. The number of hydrogen-bond donors (Lipinski definition) is 0. The summed E-state index contributed by atoms with van der Waals surface area (Å²) in [6.07, 6.45) is 21.8. The van der Waals surface area contributed by atoms with Crippen molar-refractivity contribution in [1.82, 2.24) is 0 Å². The molecule has 0 rings (SSSR count). The standard InChI is InChI=1S/C22H42O3/c1-3-5-6-7-8-9-10-11-12-13-14-15-16-17-18-19-22(23)25-21-20-24-4-2/h11-12H,3-10,13-21H2,1-2H3/b12-11+. The molecule has 0 amide bonds. The lowest BCUT2D eigenvalue weighted by molar-refractivity contribution is -0.145. The molecule has 0 saturated carbocycles. The lowest BCUT2D eigenvalue weighted by Crippen LogP contribution is -2.10. The summed E-state index contributed by atoms with van der Waals surface area (Å²) in [5.74, 6) is -0.0858. The van der Waals surface area contributed by atoms with Crippen LogP contribution in [0.5, 0.6) is 0 Å². The number of allylic oxidation sites excluding steroid dienone is 2. The maximum atomic E-state index is 11.5. The second-order valence-corrected chi connectivity index (χ2v) is 6.75. The van der Waals surface area contributed by atoms with E-state index < -0.39 is 0 Å². The van der Waals surface area contributed by atoms with Crippen LogP contribution in [0.1, 0.15) is 104 Å². The van der Waals surface area contributed by atoms with Crippen LogP contribution in [-0.4, -0.2) is 25.8 Å². The number of rotatable bonds is 19. The molecule has 0 aromatic carbocycles. The summed E-state index contributed by atoms with van der Waals surface area (Å²) >= 11 is 0. The largest absolute Gasteiger partial charge is 0.463 e. The average Bonchev–Trinajstić information content (AvgIpc) is 2.62. The van der Waals surface area contributed by atoms with Crippen LogP contribution in [0.2, 0.25) is 0 Å². The van der Waals surface area contributed by atoms with Crippen LogP contribution in [0.15, 0.2) is 12.2 Å². The van der Waals surface area contributed by atoms with Gasteiger partial charge in [0.15, 0.2) is 0 Å². The lowest BCUT2D eigenvalue weighted by Gasteiger charge is -2.04. The number of carbonyl (C=O) groups excluding carboxylic acids is 1. The summed E-state index contributed by atoms with van der Waals surface area (Å²) in [5, 5.41) is 0. The normalized spacial score (nSPS) is 11.3. The van der Waals surface area contributed by atoms with E-state index in [1.165, 1.54) is 70.6 Å². The van der Waals surface area contributed by atoms with Crippen molar-refractivity contribution >= 4 is 5.97 Å². The van der Waals surface area contributed by atoms with Gasteiger partial charge in [-0.1, -0.05) is 70.4 Å². The van der Waals surface area contributed by atoms with E-state index in [0.29, 0.717) is 26.2 Å². The molecule has 3 heteroatoms. The van der Waals surface area contributed by atoms with Crippen LogP contribution in [0.4, 0.5) is 0 Å². The van der Waals surface area contributed by atoms with Gasteiger partial charge in [0.05, 0.1) is 6.61 Å². The molecule has 0 bridgehead atoms. The Morgan fingerprint density at radius 3 is 1.88 bits per heavy atom. The molecule has 0 spiro atoms. The van der Waals surface area contributed by atoms with Crippen LogP contribution in [-0.2, 0) is 14.3 Å². The SMILES string of the molecule is CCCCCCCC/C=C/CCCCCCCC(=O)OCCOCC. The smallest absolute Gasteiger partial charge is 0.305 e. The molecule has 0 aliphatic heterocycles. The van der Waals surface area contributed by atoms with Crippen LogP contribution < -0.4 is 0 Å². The summed E-state index contributed by atoms with van der Waals surface area (Å²) in [5.41, 5.74) is 0. The molecule has 0 radical (unpaired) electrons. The monoisotopic (exact) mass is 354 g/mol. The van der Waals surface area contributed by atoms with Gasteiger partial charge in [-0.25, -0.2) is 0 Å². The number of ether oxygens (including phenoxy) is 2. The molecule has 0 saturated heterocycles. The number of carbonyl (C=O) groups is 1. The van der Waals surface area contributed by atoms with Gasteiger partial charge in [-0.3, -0.25) is 4.79 Å². The van der Waals surface area contributed by atoms with E-state index in [4.69, 9.17) is 9.47 Å². The highest BCUT2D eigenvalue weighted by atomic mass is 16.6. The summed E-state index contributed by atoms with van der Waals surface area (Å²) in [4.78, 5) is 11.5. The van der Waals surface area contributed by atoms with Gasteiger partial charge in [-0.15, -0.1) is 0 Å². The molecule has 0 N–H and O–H groups in total. The van der Waals surface area contributed by atoms with Gasteiger partial charge in [0, 0.05) is 13.0 Å². The third-order valence-corrected chi connectivity index (χ3v) is 4.34. The summed E-state index contributed by atoms with van der Waals surface area (Å²) in [7, 11) is 0. The van der Waals surface area contributed by atoms with Crippen LogP contribution >= 0.6 is 0 Å². The molecule has 0 fully saturated rings. The van der Waals surface area contributed by atoms with Gasteiger partial charge >= 0.3 is 5.97 Å². The van der Waals surface area contributed by atoms with Crippen molar-refractivity contribution in [3.63, 3.8) is 0 Å². The number of hydrogen-bond acceptors (Lipinski definition) is 3. The fourth-order valence-electron chi connectivity index (χ4n) is 2.77. The molecule has 3 nitrogen and oxygen atoms in total. The molecular formula is C22H42O3. The zero-order valence-corrected chi connectivity index (χ0v) is 16.9. The van der Waals surface area contributed by atoms with Gasteiger partial charge in [0.2, 0.25) is 0 Å². The van der Waals surface area contributed by atoms with Crippen LogP contribution in [0.25, 0.3) is 0 Å². The Kier molecular flexibility index (Phi) is 20.5. The van der Waals surface area contributed by atoms with Crippen molar-refractivity contribution in [2.24, 2.45) is 0 Å². The highest BCUT2D eigenvalue weighted by Gasteiger charge is 2.02. The molecule has 0 aromatic rings. The second kappa shape index (κ2) is 21.2. The number of unbranched alkanes of at least 4 members (excludes halogenated alkanes) is 11. The first-order valence-electron chi connectivity index (χ1n) is 10.7. The highest BCUT2D eigenvalue weighted by Crippen LogP contribution is 2.10. The molecule has 0 atom stereocenters. The van der Waals surface area contributed by atoms with Gasteiger partial charge in [0.1, 0.15) is 6.61 Å². The molecule has 0 heterocycles. The molecule has 25 heavy (non-hydrogen) atoms. The van der Waals surface area contributed by atoms with E-state index in [9.17, 15) is 4.79 Å². The maximum absolute atomic E-state index is 11.5. The Hall–Kier alpha value is -0.830. The minimum atomic E-state index is -0.0858. The predicted octanol–water partition coefficient (Wildman–Crippen LogP) is 6.60. The summed E-state index contributed by atoms with van der Waals surface area (Å²) in [6, 6.07) is 0. The van der Waals surface area contributed by atoms with Gasteiger partial charge in [-0.2, -0.15) is 0 Å². The molecule has 0 aliphatic carbocycles. The first-order chi connectivity index (χ1) is 12.3. The third-order valence-electron chi connectivity index (χ3n) is 4.34. The van der Waals surface area contributed by atoms with Gasteiger partial charge in [-0.05, 0) is 39.0 Å². The van der Waals surface area contributed by atoms with Crippen molar-refractivity contribution < 1.29 is 14.3 Å². The van der Waals surface area contributed by atoms with E-state index in [2.05, 4.69) is 19.1 Å². The molecule has 0 aliphatic rings. The Balaban J connectivity index is 3.17. The minimum absolute atomic E-state index is 0.0858. The molecule has 0 aromatic heterocycles. The second-order valence-electron chi connectivity index (χ2n) is 6.75. The Morgan fingerprint density at radius 2 is 1.28 bits per heavy atom. The first-order valence-corrected chi connectivity index (χ1v) is 10.7. The van der Waals surface area contributed by atoms with E-state index in [1.807, 2.05) is 6.92 Å². The fraction of sp³-hybridized carbons (Fsp3) is 0.864. The van der Waals surface area contributed by atoms with Crippen molar-refractivity contribution in [2.75, 3.05) is 19.8 Å².